The van der Waals surface area contributed by atoms with Crippen molar-refractivity contribution >= 4 is 12.0 Å². The van der Waals surface area contributed by atoms with Crippen molar-refractivity contribution in [2.24, 2.45) is 0 Å². The Morgan fingerprint density at radius 2 is 1.95 bits per heavy atom. The van der Waals surface area contributed by atoms with E-state index in [0.29, 0.717) is 11.5 Å². The van der Waals surface area contributed by atoms with E-state index in [1.54, 1.807) is 7.11 Å². The smallest absolute Gasteiger partial charge is 0.309 e. The lowest BCUT2D eigenvalue weighted by Gasteiger charge is -2.19. The fourth-order valence-corrected chi connectivity index (χ4v) is 1.74. The van der Waals surface area contributed by atoms with Gasteiger partial charge in [0, 0.05) is 0 Å². The summed E-state index contributed by atoms with van der Waals surface area (Å²) in [5, 5.41) is 0. The van der Waals surface area contributed by atoms with E-state index in [4.69, 9.17) is 14.2 Å². The second kappa shape index (κ2) is 7.72. The molecule has 0 bridgehead atoms. The molecule has 0 N–H and O–H groups in total. The fourth-order valence-electron chi connectivity index (χ4n) is 1.74. The van der Waals surface area contributed by atoms with Crippen LogP contribution in [0.2, 0.25) is 0 Å². The SMILES string of the molecule is C/C=C/c1ccc(OCCC(=O)OC(C)(C)C)c(OC)c1. The first-order chi connectivity index (χ1) is 9.85. The monoisotopic (exact) mass is 292 g/mol. The maximum Gasteiger partial charge on any atom is 0.309 e. The topological polar surface area (TPSA) is 44.8 Å². The van der Waals surface area contributed by atoms with E-state index in [-0.39, 0.29) is 19.0 Å². The number of methoxy groups -OCH3 is 1. The van der Waals surface area contributed by atoms with Gasteiger partial charge < -0.3 is 14.2 Å². The number of ether oxygens (including phenoxy) is 3. The zero-order valence-corrected chi connectivity index (χ0v) is 13.4. The Bertz CT molecular complexity index is 498. The van der Waals surface area contributed by atoms with Gasteiger partial charge in [0.1, 0.15) is 5.60 Å². The number of hydrogen-bond acceptors (Lipinski definition) is 4. The van der Waals surface area contributed by atoms with Gasteiger partial charge in [0.05, 0.1) is 20.1 Å². The van der Waals surface area contributed by atoms with Crippen molar-refractivity contribution in [2.75, 3.05) is 13.7 Å². The maximum absolute atomic E-state index is 11.6. The molecule has 4 nitrogen and oxygen atoms in total. The number of carbonyl (C=O) groups excluding carboxylic acids is 1. The van der Waals surface area contributed by atoms with E-state index < -0.39 is 5.60 Å². The van der Waals surface area contributed by atoms with Crippen LogP contribution < -0.4 is 9.47 Å². The largest absolute Gasteiger partial charge is 0.493 e. The molecule has 0 fully saturated rings. The molecule has 0 aliphatic heterocycles. The summed E-state index contributed by atoms with van der Waals surface area (Å²) in [5.74, 6) is 0.996. The molecular weight excluding hydrogens is 268 g/mol. The summed E-state index contributed by atoms with van der Waals surface area (Å²) in [6.45, 7) is 7.74. The summed E-state index contributed by atoms with van der Waals surface area (Å²) in [5.41, 5.74) is 0.567. The highest BCUT2D eigenvalue weighted by Crippen LogP contribution is 2.28. The molecule has 0 saturated heterocycles. The standard InChI is InChI=1S/C17H24O4/c1-6-7-13-8-9-14(15(12-13)19-5)20-11-10-16(18)21-17(2,3)4/h6-9,12H,10-11H2,1-5H3/b7-6+. The van der Waals surface area contributed by atoms with Crippen LogP contribution in [0.3, 0.4) is 0 Å². The summed E-state index contributed by atoms with van der Waals surface area (Å²) in [6.07, 6.45) is 4.14. The number of esters is 1. The average Bonchev–Trinajstić information content (AvgIpc) is 2.38. The molecule has 0 atom stereocenters. The van der Waals surface area contributed by atoms with Crippen LogP contribution in [0.4, 0.5) is 0 Å². The number of benzene rings is 1. The number of rotatable bonds is 6. The van der Waals surface area contributed by atoms with Gasteiger partial charge in [-0.25, -0.2) is 0 Å². The highest BCUT2D eigenvalue weighted by Gasteiger charge is 2.16. The highest BCUT2D eigenvalue weighted by molar-refractivity contribution is 5.70. The molecule has 1 aromatic rings. The molecule has 21 heavy (non-hydrogen) atoms. The van der Waals surface area contributed by atoms with E-state index >= 15 is 0 Å². The lowest BCUT2D eigenvalue weighted by molar-refractivity contribution is -0.155. The van der Waals surface area contributed by atoms with Gasteiger partial charge in [-0.3, -0.25) is 4.79 Å². The zero-order chi connectivity index (χ0) is 15.9. The summed E-state index contributed by atoms with van der Waals surface area (Å²) >= 11 is 0. The molecule has 4 heteroatoms. The maximum atomic E-state index is 11.6. The van der Waals surface area contributed by atoms with E-state index in [9.17, 15) is 4.79 Å². The third kappa shape index (κ3) is 6.34. The van der Waals surface area contributed by atoms with Crippen molar-refractivity contribution in [3.05, 3.63) is 29.8 Å². The second-order valence-electron chi connectivity index (χ2n) is 5.60. The Hall–Kier alpha value is -1.97. The van der Waals surface area contributed by atoms with Crippen LogP contribution in [0, 0.1) is 0 Å². The van der Waals surface area contributed by atoms with Gasteiger partial charge in [-0.1, -0.05) is 18.2 Å². The van der Waals surface area contributed by atoms with Crippen molar-refractivity contribution in [1.82, 2.24) is 0 Å². The summed E-state index contributed by atoms with van der Waals surface area (Å²) in [7, 11) is 1.59. The van der Waals surface area contributed by atoms with Gasteiger partial charge in [0.15, 0.2) is 11.5 Å². The predicted molar refractivity (Wildman–Crippen MR) is 83.7 cm³/mol. The van der Waals surface area contributed by atoms with Crippen molar-refractivity contribution in [1.29, 1.82) is 0 Å². The Balaban J connectivity index is 2.57. The Kier molecular flexibility index (Phi) is 6.28. The zero-order valence-electron chi connectivity index (χ0n) is 13.4. The van der Waals surface area contributed by atoms with Crippen LogP contribution in [-0.2, 0) is 9.53 Å². The quantitative estimate of drug-likeness (QED) is 0.747. The Morgan fingerprint density at radius 3 is 2.52 bits per heavy atom. The molecule has 0 spiro atoms. The van der Waals surface area contributed by atoms with Crippen molar-refractivity contribution < 1.29 is 19.0 Å². The molecule has 0 unspecified atom stereocenters. The Labute approximate surface area is 126 Å². The van der Waals surface area contributed by atoms with Gasteiger partial charge in [-0.05, 0) is 45.4 Å². The minimum atomic E-state index is -0.469. The fraction of sp³-hybridized carbons (Fsp3) is 0.471. The molecule has 1 rings (SSSR count). The lowest BCUT2D eigenvalue weighted by Crippen LogP contribution is -2.24. The number of hydrogen-bond donors (Lipinski definition) is 0. The van der Waals surface area contributed by atoms with Gasteiger partial charge in [0.25, 0.3) is 0 Å². The molecular formula is C17H24O4. The van der Waals surface area contributed by atoms with Crippen LogP contribution >= 0.6 is 0 Å². The third-order valence-corrected chi connectivity index (χ3v) is 2.53. The molecule has 1 aromatic carbocycles. The molecule has 0 heterocycles. The number of allylic oxidation sites excluding steroid dienone is 1. The van der Waals surface area contributed by atoms with Gasteiger partial charge in [0.2, 0.25) is 0 Å². The highest BCUT2D eigenvalue weighted by atomic mass is 16.6. The van der Waals surface area contributed by atoms with Crippen LogP contribution in [0.25, 0.3) is 6.08 Å². The third-order valence-electron chi connectivity index (χ3n) is 2.53. The minimum absolute atomic E-state index is 0.205. The predicted octanol–water partition coefficient (Wildman–Crippen LogP) is 3.84. The minimum Gasteiger partial charge on any atom is -0.493 e. The molecule has 116 valence electrons. The summed E-state index contributed by atoms with van der Waals surface area (Å²) < 4.78 is 16.1. The molecule has 0 radical (unpaired) electrons. The van der Waals surface area contributed by atoms with E-state index in [1.165, 1.54) is 0 Å². The van der Waals surface area contributed by atoms with E-state index in [1.807, 2.05) is 58.0 Å². The van der Waals surface area contributed by atoms with E-state index in [2.05, 4.69) is 0 Å². The Morgan fingerprint density at radius 1 is 1.24 bits per heavy atom. The second-order valence-corrected chi connectivity index (χ2v) is 5.60. The molecule has 0 aromatic heterocycles. The molecule has 0 amide bonds. The molecule has 0 saturated carbocycles. The van der Waals surface area contributed by atoms with Crippen molar-refractivity contribution in [2.45, 2.75) is 39.7 Å². The lowest BCUT2D eigenvalue weighted by atomic mass is 10.2. The average molecular weight is 292 g/mol. The molecule has 0 aliphatic carbocycles. The molecule has 0 aliphatic rings. The van der Waals surface area contributed by atoms with Crippen LogP contribution in [0.1, 0.15) is 39.7 Å². The normalized spacial score (nSPS) is 11.5. The first kappa shape index (κ1) is 17.1. The van der Waals surface area contributed by atoms with Gasteiger partial charge in [-0.2, -0.15) is 0 Å². The van der Waals surface area contributed by atoms with E-state index in [0.717, 1.165) is 5.56 Å². The van der Waals surface area contributed by atoms with Gasteiger partial charge in [-0.15, -0.1) is 0 Å². The first-order valence-corrected chi connectivity index (χ1v) is 7.01. The van der Waals surface area contributed by atoms with Crippen molar-refractivity contribution in [3.63, 3.8) is 0 Å². The van der Waals surface area contributed by atoms with Crippen LogP contribution in [-0.4, -0.2) is 25.3 Å². The summed E-state index contributed by atoms with van der Waals surface area (Å²) in [4.78, 5) is 11.6. The first-order valence-electron chi connectivity index (χ1n) is 7.01. The van der Waals surface area contributed by atoms with Crippen LogP contribution in [0.5, 0.6) is 11.5 Å². The van der Waals surface area contributed by atoms with Gasteiger partial charge >= 0.3 is 5.97 Å². The van der Waals surface area contributed by atoms with Crippen molar-refractivity contribution in [3.8, 4) is 11.5 Å². The van der Waals surface area contributed by atoms with Crippen LogP contribution in [0.15, 0.2) is 24.3 Å². The number of carbonyl (C=O) groups is 1. The summed E-state index contributed by atoms with van der Waals surface area (Å²) in [6, 6.07) is 5.66.